The van der Waals surface area contributed by atoms with Crippen LogP contribution in [0.5, 0.6) is 0 Å². The molecule has 7 aromatic carbocycles. The number of anilines is 6. The van der Waals surface area contributed by atoms with E-state index in [1.54, 1.807) is 0 Å². The fraction of sp³-hybridized carbons (Fsp3) is 0.276. The van der Waals surface area contributed by atoms with Gasteiger partial charge in [0, 0.05) is 45.0 Å². The van der Waals surface area contributed by atoms with Crippen LogP contribution < -0.4 is 9.80 Å². The molecule has 2 saturated carbocycles. The molecule has 2 fully saturated rings. The Labute approximate surface area is 358 Å². The van der Waals surface area contributed by atoms with Crippen LogP contribution in [0.25, 0.3) is 11.1 Å². The zero-order valence-electron chi connectivity index (χ0n) is 35.7. The lowest BCUT2D eigenvalue weighted by Gasteiger charge is -2.44. The van der Waals surface area contributed by atoms with Crippen molar-refractivity contribution in [1.82, 2.24) is 0 Å². The van der Waals surface area contributed by atoms with Crippen molar-refractivity contribution in [2.45, 2.75) is 95.3 Å². The number of hydrogen-bond acceptors (Lipinski definition) is 2. The van der Waals surface area contributed by atoms with E-state index in [-0.39, 0.29) is 10.8 Å². The van der Waals surface area contributed by atoms with Crippen LogP contribution in [0.3, 0.4) is 0 Å². The maximum absolute atomic E-state index is 2.50. The summed E-state index contributed by atoms with van der Waals surface area (Å²) in [5.41, 5.74) is 16.9. The molecule has 0 aliphatic heterocycles. The van der Waals surface area contributed by atoms with E-state index in [9.17, 15) is 0 Å². The molecule has 0 spiro atoms. The SMILES string of the molecule is CC1CCCCC1(c1ccc(N(c2ccccc2)c2ccccc2)cc1)c1ccc(N(c2ccc(C3CCCCC3)cc2)c2ccc3c(c2)C(C)(C)c2ccccc2-3)cc1. The van der Waals surface area contributed by atoms with Crippen LogP contribution in [0, 0.1) is 5.92 Å². The predicted octanol–water partition coefficient (Wildman–Crippen LogP) is 16.5. The van der Waals surface area contributed by atoms with Gasteiger partial charge in [0.1, 0.15) is 0 Å². The molecule has 2 nitrogen and oxygen atoms in total. The molecular weight excluding hydrogens is 725 g/mol. The fourth-order valence-corrected chi connectivity index (χ4v) is 11.4. The van der Waals surface area contributed by atoms with Gasteiger partial charge < -0.3 is 9.80 Å². The molecule has 300 valence electrons. The highest BCUT2D eigenvalue weighted by atomic mass is 15.1. The number of nitrogens with zero attached hydrogens (tertiary/aromatic N) is 2. The van der Waals surface area contributed by atoms with Gasteiger partial charge >= 0.3 is 0 Å². The minimum absolute atomic E-state index is 0.0600. The molecule has 2 heteroatoms. The Kier molecular flexibility index (Phi) is 10.2. The number of para-hydroxylation sites is 2. The Bertz CT molecular complexity index is 2510. The molecule has 10 rings (SSSR count). The maximum atomic E-state index is 2.50. The molecule has 2 unspecified atom stereocenters. The molecule has 3 aliphatic rings. The van der Waals surface area contributed by atoms with Gasteiger partial charge in [-0.3, -0.25) is 0 Å². The van der Waals surface area contributed by atoms with Crippen LogP contribution in [-0.4, -0.2) is 0 Å². The van der Waals surface area contributed by atoms with E-state index in [1.165, 1.54) is 113 Å². The zero-order chi connectivity index (χ0) is 40.7. The van der Waals surface area contributed by atoms with Crippen molar-refractivity contribution in [1.29, 1.82) is 0 Å². The van der Waals surface area contributed by atoms with Crippen molar-refractivity contribution in [3.05, 3.63) is 204 Å². The number of benzene rings is 7. The quantitative estimate of drug-likeness (QED) is 0.144. The molecule has 0 N–H and O–H groups in total. The van der Waals surface area contributed by atoms with E-state index >= 15 is 0 Å². The van der Waals surface area contributed by atoms with E-state index in [0.29, 0.717) is 11.8 Å². The summed E-state index contributed by atoms with van der Waals surface area (Å²) in [5.74, 6) is 1.20. The summed E-state index contributed by atoms with van der Waals surface area (Å²) in [6, 6.07) is 66.5. The van der Waals surface area contributed by atoms with E-state index in [2.05, 4.69) is 206 Å². The third kappa shape index (κ3) is 6.75. The average molecular weight is 783 g/mol. The lowest BCUT2D eigenvalue weighted by atomic mass is 9.60. The summed E-state index contributed by atoms with van der Waals surface area (Å²) >= 11 is 0. The van der Waals surface area contributed by atoms with Crippen LogP contribution in [0.15, 0.2) is 176 Å². The Morgan fingerprint density at radius 3 is 1.47 bits per heavy atom. The maximum Gasteiger partial charge on any atom is 0.0465 e. The van der Waals surface area contributed by atoms with Gasteiger partial charge in [0.2, 0.25) is 0 Å². The van der Waals surface area contributed by atoms with Crippen LogP contribution in [0.1, 0.15) is 112 Å². The molecule has 3 aliphatic carbocycles. The second-order valence-electron chi connectivity index (χ2n) is 18.4. The monoisotopic (exact) mass is 782 g/mol. The first-order chi connectivity index (χ1) is 29.4. The second kappa shape index (κ2) is 16.0. The van der Waals surface area contributed by atoms with Crippen LogP contribution >= 0.6 is 0 Å². The molecule has 0 bridgehead atoms. The van der Waals surface area contributed by atoms with Crippen LogP contribution in [-0.2, 0) is 10.8 Å². The molecule has 0 aromatic heterocycles. The zero-order valence-corrected chi connectivity index (χ0v) is 35.7. The number of rotatable bonds is 9. The predicted molar refractivity (Wildman–Crippen MR) is 254 cm³/mol. The summed E-state index contributed by atoms with van der Waals surface area (Å²) in [6.45, 7) is 7.27. The molecule has 2 atom stereocenters. The summed E-state index contributed by atoms with van der Waals surface area (Å²) in [4.78, 5) is 4.87. The van der Waals surface area contributed by atoms with Gasteiger partial charge in [0.25, 0.3) is 0 Å². The van der Waals surface area contributed by atoms with Gasteiger partial charge in [-0.15, -0.1) is 0 Å². The number of fused-ring (bicyclic) bond motifs is 3. The smallest absolute Gasteiger partial charge is 0.0465 e. The standard InChI is InChI=1S/C58H58N2/c1-42-17-15-16-40-58(42,45-28-34-50(35-29-45)59(47-20-9-5-10-21-47)48-22-11-6-12-23-48)46-30-36-51(37-31-46)60(49-32-26-44(27-33-49)43-18-7-4-8-19-43)52-38-39-54-53-24-13-14-25-55(53)57(2,3)56(54)41-52/h5-6,9-14,20-39,41-43H,4,7-8,15-19,40H2,1-3H3. The lowest BCUT2D eigenvalue weighted by molar-refractivity contribution is 0.244. The first-order valence-electron chi connectivity index (χ1n) is 22.7. The average Bonchev–Trinajstić information content (AvgIpc) is 3.54. The van der Waals surface area contributed by atoms with Gasteiger partial charge in [0.05, 0.1) is 0 Å². The first-order valence-corrected chi connectivity index (χ1v) is 22.7. The third-order valence-corrected chi connectivity index (χ3v) is 14.7. The van der Waals surface area contributed by atoms with E-state index in [4.69, 9.17) is 0 Å². The van der Waals surface area contributed by atoms with Gasteiger partial charge in [-0.2, -0.15) is 0 Å². The van der Waals surface area contributed by atoms with Gasteiger partial charge in [-0.1, -0.05) is 156 Å². The summed E-state index contributed by atoms with van der Waals surface area (Å²) < 4.78 is 0. The molecule has 7 aromatic rings. The highest BCUT2D eigenvalue weighted by Crippen LogP contribution is 2.52. The summed E-state index contributed by atoms with van der Waals surface area (Å²) in [5, 5.41) is 0. The van der Waals surface area contributed by atoms with Crippen molar-refractivity contribution in [3.8, 4) is 11.1 Å². The molecular formula is C58H58N2. The van der Waals surface area contributed by atoms with E-state index in [1.807, 2.05) is 0 Å². The highest BCUT2D eigenvalue weighted by Gasteiger charge is 2.42. The molecule has 0 heterocycles. The van der Waals surface area contributed by atoms with Crippen molar-refractivity contribution in [2.24, 2.45) is 5.92 Å². The van der Waals surface area contributed by atoms with Crippen molar-refractivity contribution in [3.63, 3.8) is 0 Å². The molecule has 0 radical (unpaired) electrons. The number of hydrogen-bond donors (Lipinski definition) is 0. The second-order valence-corrected chi connectivity index (χ2v) is 18.4. The first kappa shape index (κ1) is 38.3. The Morgan fingerprint density at radius 1 is 0.417 bits per heavy atom. The van der Waals surface area contributed by atoms with E-state index < -0.39 is 0 Å². The van der Waals surface area contributed by atoms with Gasteiger partial charge in [-0.25, -0.2) is 0 Å². The molecule has 0 amide bonds. The topological polar surface area (TPSA) is 6.48 Å². The molecule has 60 heavy (non-hydrogen) atoms. The minimum atomic E-state index is -0.0689. The fourth-order valence-electron chi connectivity index (χ4n) is 11.4. The van der Waals surface area contributed by atoms with Gasteiger partial charge in [-0.05, 0) is 149 Å². The van der Waals surface area contributed by atoms with Crippen LogP contribution in [0.4, 0.5) is 34.1 Å². The Balaban J connectivity index is 1.04. The highest BCUT2D eigenvalue weighted by molar-refractivity contribution is 5.85. The largest absolute Gasteiger partial charge is 0.311 e. The normalized spacial score (nSPS) is 19.6. The Morgan fingerprint density at radius 2 is 0.883 bits per heavy atom. The van der Waals surface area contributed by atoms with Crippen molar-refractivity contribution in [2.75, 3.05) is 9.80 Å². The van der Waals surface area contributed by atoms with Crippen molar-refractivity contribution >= 4 is 34.1 Å². The third-order valence-electron chi connectivity index (χ3n) is 14.7. The summed E-state index contributed by atoms with van der Waals surface area (Å²) in [7, 11) is 0. The lowest BCUT2D eigenvalue weighted by Crippen LogP contribution is -2.37. The van der Waals surface area contributed by atoms with Crippen LogP contribution in [0.2, 0.25) is 0 Å². The van der Waals surface area contributed by atoms with Crippen molar-refractivity contribution < 1.29 is 0 Å². The Hall–Kier alpha value is -5.86. The van der Waals surface area contributed by atoms with Gasteiger partial charge in [0.15, 0.2) is 0 Å². The van der Waals surface area contributed by atoms with E-state index in [0.717, 1.165) is 17.8 Å². The molecule has 0 saturated heterocycles. The minimum Gasteiger partial charge on any atom is -0.311 e. The summed E-state index contributed by atoms with van der Waals surface area (Å²) in [6.07, 6.45) is 11.6.